The molecule has 0 atom stereocenters. The molecule has 8 heavy (non-hydrogen) atoms. The molecule has 0 spiro atoms. The third-order valence-corrected chi connectivity index (χ3v) is 1.21. The van der Waals surface area contributed by atoms with Crippen LogP contribution in [0.4, 0.5) is 0 Å². The maximum atomic E-state index is 3.29. The molecule has 0 saturated carbocycles. The fourth-order valence-corrected chi connectivity index (χ4v) is 0.631. The van der Waals surface area contributed by atoms with E-state index in [0.717, 1.165) is 4.47 Å². The Balaban J connectivity index is 0.000000490. The van der Waals surface area contributed by atoms with Gasteiger partial charge in [0.05, 0.1) is 0 Å². The van der Waals surface area contributed by atoms with Crippen LogP contribution in [0, 0.1) is 6.07 Å². The zero-order chi connectivity index (χ0) is 5.11. The van der Waals surface area contributed by atoms with Crippen LogP contribution in [0.2, 0.25) is 0 Å². The molecule has 0 aliphatic rings. The predicted molar refractivity (Wildman–Crippen MR) is 33.0 cm³/mol. The molecule has 0 bridgehead atoms. The largest absolute Gasteiger partial charge is 0.184 e. The van der Waals surface area contributed by atoms with E-state index in [4.69, 9.17) is 0 Å². The average molecular weight is 215 g/mol. The molecular formula is C6H4BrCo-. The molecule has 0 amide bonds. The van der Waals surface area contributed by atoms with Crippen molar-refractivity contribution in [1.82, 2.24) is 0 Å². The predicted octanol–water partition coefficient (Wildman–Crippen LogP) is 2.25. The summed E-state index contributed by atoms with van der Waals surface area (Å²) in [4.78, 5) is 0. The Kier molecular flexibility index (Phi) is 4.23. The fourth-order valence-electron chi connectivity index (χ4n) is 0.367. The summed E-state index contributed by atoms with van der Waals surface area (Å²) in [5.74, 6) is 0. The van der Waals surface area contributed by atoms with Crippen LogP contribution in [0.15, 0.2) is 28.7 Å². The Hall–Kier alpha value is 0.206. The first-order valence-electron chi connectivity index (χ1n) is 2.01. The minimum atomic E-state index is 0. The molecule has 0 heterocycles. The third-order valence-electron chi connectivity index (χ3n) is 0.678. The van der Waals surface area contributed by atoms with Crippen LogP contribution < -0.4 is 0 Å². The molecule has 0 aliphatic carbocycles. The van der Waals surface area contributed by atoms with E-state index in [1.54, 1.807) is 0 Å². The molecule has 2 heteroatoms. The summed E-state index contributed by atoms with van der Waals surface area (Å²) in [6, 6.07) is 10.5. The fraction of sp³-hybridized carbons (Fsp3) is 0. The molecule has 0 saturated heterocycles. The van der Waals surface area contributed by atoms with Gasteiger partial charge in [0, 0.05) is 16.8 Å². The van der Waals surface area contributed by atoms with Gasteiger partial charge in [-0.15, -0.1) is 0 Å². The van der Waals surface area contributed by atoms with Gasteiger partial charge in [0.1, 0.15) is 0 Å². The Morgan fingerprint density at radius 1 is 1.25 bits per heavy atom. The van der Waals surface area contributed by atoms with Crippen molar-refractivity contribution in [2.24, 2.45) is 0 Å². The number of hydrogen-bond donors (Lipinski definition) is 0. The Labute approximate surface area is 67.6 Å². The van der Waals surface area contributed by atoms with Gasteiger partial charge in [-0.1, -0.05) is 20.4 Å². The normalized spacial score (nSPS) is 7.62. The number of hydrogen-bond acceptors (Lipinski definition) is 0. The van der Waals surface area contributed by atoms with E-state index in [1.807, 2.05) is 24.3 Å². The van der Waals surface area contributed by atoms with Crippen molar-refractivity contribution in [1.29, 1.82) is 0 Å². The van der Waals surface area contributed by atoms with E-state index >= 15 is 0 Å². The smallest absolute Gasteiger partial charge is 0 e. The molecule has 0 N–H and O–H groups in total. The molecular weight excluding hydrogens is 211 g/mol. The summed E-state index contributed by atoms with van der Waals surface area (Å²) in [5.41, 5.74) is 0. The van der Waals surface area contributed by atoms with Gasteiger partial charge < -0.3 is 0 Å². The van der Waals surface area contributed by atoms with Crippen LogP contribution in [-0.2, 0) is 16.8 Å². The molecule has 1 aromatic rings. The molecule has 0 fully saturated rings. The summed E-state index contributed by atoms with van der Waals surface area (Å²) >= 11 is 3.29. The Bertz CT molecular complexity index is 138. The van der Waals surface area contributed by atoms with Crippen LogP contribution in [0.3, 0.4) is 0 Å². The molecule has 0 unspecified atom stereocenters. The maximum Gasteiger partial charge on any atom is 0 e. The molecule has 0 aliphatic heterocycles. The van der Waals surface area contributed by atoms with Gasteiger partial charge in [0.2, 0.25) is 0 Å². The Morgan fingerprint density at radius 2 is 1.75 bits per heavy atom. The van der Waals surface area contributed by atoms with Crippen molar-refractivity contribution < 1.29 is 16.8 Å². The van der Waals surface area contributed by atoms with Gasteiger partial charge >= 0.3 is 0 Å². The zero-order valence-electron chi connectivity index (χ0n) is 4.02. The van der Waals surface area contributed by atoms with Crippen LogP contribution in [0.25, 0.3) is 0 Å². The van der Waals surface area contributed by atoms with E-state index in [-0.39, 0.29) is 16.8 Å². The number of benzene rings is 1. The molecule has 45 valence electrons. The summed E-state index contributed by atoms with van der Waals surface area (Å²) < 4.78 is 1.10. The summed E-state index contributed by atoms with van der Waals surface area (Å²) in [6.45, 7) is 0. The molecule has 1 radical (unpaired) electrons. The Morgan fingerprint density at radius 3 is 2.00 bits per heavy atom. The van der Waals surface area contributed by atoms with Gasteiger partial charge in [-0.25, -0.2) is 0 Å². The minimum absolute atomic E-state index is 0. The van der Waals surface area contributed by atoms with Gasteiger partial charge in [0.25, 0.3) is 0 Å². The van der Waals surface area contributed by atoms with Crippen LogP contribution in [-0.4, -0.2) is 0 Å². The van der Waals surface area contributed by atoms with Gasteiger partial charge in [0.15, 0.2) is 0 Å². The van der Waals surface area contributed by atoms with Gasteiger partial charge in [-0.2, -0.15) is 30.3 Å². The zero-order valence-corrected chi connectivity index (χ0v) is 6.65. The molecule has 0 nitrogen and oxygen atoms in total. The molecule has 1 aromatic carbocycles. The first-order chi connectivity index (χ1) is 3.39. The summed E-state index contributed by atoms with van der Waals surface area (Å²) in [5, 5.41) is 0. The van der Waals surface area contributed by atoms with Crippen molar-refractivity contribution in [2.45, 2.75) is 0 Å². The maximum absolute atomic E-state index is 3.29. The minimum Gasteiger partial charge on any atom is -0.184 e. The quantitative estimate of drug-likeness (QED) is 0.582. The second kappa shape index (κ2) is 4.12. The third kappa shape index (κ3) is 2.50. The van der Waals surface area contributed by atoms with E-state index in [9.17, 15) is 0 Å². The van der Waals surface area contributed by atoms with Gasteiger partial charge in [-0.3, -0.25) is 0 Å². The van der Waals surface area contributed by atoms with E-state index in [1.165, 1.54) is 0 Å². The van der Waals surface area contributed by atoms with Crippen LogP contribution in [0.5, 0.6) is 0 Å². The summed E-state index contributed by atoms with van der Waals surface area (Å²) in [6.07, 6.45) is 0. The van der Waals surface area contributed by atoms with Crippen molar-refractivity contribution in [3.8, 4) is 0 Å². The molecule has 1 rings (SSSR count). The first-order valence-corrected chi connectivity index (χ1v) is 2.80. The van der Waals surface area contributed by atoms with Crippen molar-refractivity contribution in [2.75, 3.05) is 0 Å². The van der Waals surface area contributed by atoms with Crippen molar-refractivity contribution in [3.63, 3.8) is 0 Å². The monoisotopic (exact) mass is 214 g/mol. The SMILES string of the molecule is Brc1cc[c-]cc1.[Co]. The number of halogens is 1. The van der Waals surface area contributed by atoms with Crippen LogP contribution in [0.1, 0.15) is 0 Å². The first kappa shape index (κ1) is 8.21. The van der Waals surface area contributed by atoms with Crippen molar-refractivity contribution in [3.05, 3.63) is 34.8 Å². The summed E-state index contributed by atoms with van der Waals surface area (Å²) in [7, 11) is 0. The van der Waals surface area contributed by atoms with Crippen molar-refractivity contribution >= 4 is 15.9 Å². The molecule has 0 aromatic heterocycles. The second-order valence-corrected chi connectivity index (χ2v) is 2.13. The number of rotatable bonds is 0. The van der Waals surface area contributed by atoms with Crippen LogP contribution >= 0.6 is 15.9 Å². The van der Waals surface area contributed by atoms with E-state index in [0.29, 0.717) is 0 Å². The average Bonchev–Trinajstić information content (AvgIpc) is 1.69. The van der Waals surface area contributed by atoms with E-state index in [2.05, 4.69) is 22.0 Å². The van der Waals surface area contributed by atoms with E-state index < -0.39 is 0 Å². The van der Waals surface area contributed by atoms with Gasteiger partial charge in [-0.05, 0) is 0 Å². The standard InChI is InChI=1S/C6H4Br.Co/c7-6-4-2-1-3-5-6;/h2-5H;/q-1;. The second-order valence-electron chi connectivity index (χ2n) is 1.22. The topological polar surface area (TPSA) is 0 Å².